The molecule has 0 radical (unpaired) electrons. The van der Waals surface area contributed by atoms with Gasteiger partial charge in [-0.3, -0.25) is 54.0 Å². The van der Waals surface area contributed by atoms with Crippen molar-refractivity contribution in [3.05, 3.63) is 155 Å². The molecule has 19 N–H and O–H groups in total. The standard InChI is InChI=1S/C54H56N2O22.C27H29NO11/c1-19-43(61)25(11-33(75-19)77-29-15-53(71,31(59)17-57)13-23-37(29)51(69)41-39(47(23)65)45(63)21-7-5-9-27(73-3)35(21)49(41)67)55-56-26-12-34(76-20(2)44(26)62)78-30-16-54(72,32(60)18-58)14-24-38(30)52(70)42-40(48(24)66)46(64)22-8-6-10-28(74-4)36(22)50(42)68;1-10-22(31)13(28)6-17(38-10)39-15-8-27(36,16(30)9-29)7-12-19(15)26(35)21-20(24(12)33)23(32)11-4-3-5-14(37-2)18(11)25(21)34/h5-10,19-20,25-26,29-30,33-34,43-44,55-58,61-62,65-66,69-72H,11-18H2,1-4H3;3-5,10,13,15,17,22,29,31,33,35-36H,6-9,28H2,1-2H3/t19?,20?,25?,26?,29-,30-,33?,34?,43?,44?,53-,54-;10-,13-,15-,17-,22+,27-/m00/s1. The molecule has 15 rings (SSSR count). The van der Waals surface area contributed by atoms with Crippen molar-refractivity contribution in [2.24, 2.45) is 5.73 Å². The minimum absolute atomic E-state index is 0.0105. The van der Waals surface area contributed by atoms with Gasteiger partial charge < -0.3 is 125 Å². The van der Waals surface area contributed by atoms with Gasteiger partial charge in [0.05, 0.1) is 138 Å². The van der Waals surface area contributed by atoms with Crippen molar-refractivity contribution in [1.82, 2.24) is 10.9 Å². The molecule has 8 unspecified atom stereocenters. The first kappa shape index (κ1) is 83.3. The topological polar surface area (TPSA) is 590 Å². The molecule has 0 amide bonds. The van der Waals surface area contributed by atoms with E-state index in [9.17, 15) is 120 Å². The monoisotopic (exact) mass is 1630 g/mol. The summed E-state index contributed by atoms with van der Waals surface area (Å²) in [4.78, 5) is 122. The van der Waals surface area contributed by atoms with Crippen LogP contribution < -0.4 is 30.8 Å². The lowest BCUT2D eigenvalue weighted by molar-refractivity contribution is -0.256. The van der Waals surface area contributed by atoms with Gasteiger partial charge in [0.25, 0.3) is 0 Å². The number of fused-ring (bicyclic) bond motifs is 9. The molecule has 117 heavy (non-hydrogen) atoms. The summed E-state index contributed by atoms with van der Waals surface area (Å²) in [6.07, 6.45) is -18.9. The van der Waals surface area contributed by atoms with Crippen molar-refractivity contribution in [2.45, 2.75) is 187 Å². The Balaban J connectivity index is 0.000000241. The van der Waals surface area contributed by atoms with E-state index in [0.717, 1.165) is 0 Å². The maximum absolute atomic E-state index is 14.2. The smallest absolute Gasteiger partial charge is 0.202 e. The van der Waals surface area contributed by atoms with Crippen LogP contribution >= 0.6 is 0 Å². The molecule has 6 aromatic carbocycles. The third-order valence-electron chi connectivity index (χ3n) is 23.8. The summed E-state index contributed by atoms with van der Waals surface area (Å²) in [5, 5.41) is 167. The molecule has 36 nitrogen and oxygen atoms in total. The number of hydrogen-bond acceptors (Lipinski definition) is 36. The Bertz CT molecular complexity index is 4980. The van der Waals surface area contributed by atoms with Crippen LogP contribution in [0.5, 0.6) is 51.7 Å². The number of hydrogen-bond donors (Lipinski definition) is 18. The van der Waals surface area contributed by atoms with E-state index in [1.807, 2.05) is 0 Å². The van der Waals surface area contributed by atoms with Crippen molar-refractivity contribution in [1.29, 1.82) is 0 Å². The molecule has 3 heterocycles. The molecule has 3 aliphatic heterocycles. The molecule has 36 heteroatoms. The van der Waals surface area contributed by atoms with E-state index >= 15 is 0 Å². The molecule has 6 aromatic rings. The number of hydrazine groups is 1. The number of rotatable bonds is 18. The van der Waals surface area contributed by atoms with Crippen molar-refractivity contribution in [3.8, 4) is 51.7 Å². The highest BCUT2D eigenvalue weighted by Crippen LogP contribution is 2.57. The van der Waals surface area contributed by atoms with Gasteiger partial charge in [-0.1, -0.05) is 36.4 Å². The van der Waals surface area contributed by atoms with Crippen LogP contribution in [-0.2, 0) is 62.1 Å². The van der Waals surface area contributed by atoms with Gasteiger partial charge in [0.1, 0.15) is 88.4 Å². The second kappa shape index (κ2) is 31.3. The Hall–Kier alpha value is -10.2. The van der Waals surface area contributed by atoms with E-state index in [2.05, 4.69) is 10.9 Å². The molecule has 6 aliphatic carbocycles. The minimum atomic E-state index is -2.44. The fourth-order valence-electron chi connectivity index (χ4n) is 17.7. The summed E-state index contributed by atoms with van der Waals surface area (Å²) in [6, 6.07) is 10.0. The number of nitrogens with two attached hydrogens (primary N) is 1. The van der Waals surface area contributed by atoms with E-state index in [4.69, 9.17) is 48.4 Å². The number of carbonyl (C=O) groups is 9. The van der Waals surface area contributed by atoms with Crippen LogP contribution in [0.4, 0.5) is 0 Å². The minimum Gasteiger partial charge on any atom is -0.507 e. The van der Waals surface area contributed by atoms with Gasteiger partial charge in [-0.25, -0.2) is 0 Å². The molecule has 18 atom stereocenters. The largest absolute Gasteiger partial charge is 0.507 e. The lowest BCUT2D eigenvalue weighted by Gasteiger charge is -2.44. The molecule has 9 aliphatic rings. The molecule has 622 valence electrons. The van der Waals surface area contributed by atoms with Crippen LogP contribution in [0.1, 0.15) is 207 Å². The molecule has 3 saturated heterocycles. The number of ether oxygens (including phenoxy) is 9. The summed E-state index contributed by atoms with van der Waals surface area (Å²) in [5.74, 6) is -12.6. The lowest BCUT2D eigenvalue weighted by Crippen LogP contribution is -2.63. The predicted octanol–water partition coefficient (Wildman–Crippen LogP) is 0.194. The second-order valence-corrected chi connectivity index (χ2v) is 30.7. The quantitative estimate of drug-likeness (QED) is 0.0403. The van der Waals surface area contributed by atoms with Gasteiger partial charge in [-0.2, -0.15) is 0 Å². The average Bonchev–Trinajstić information content (AvgIpc) is 0.719. The van der Waals surface area contributed by atoms with Gasteiger partial charge in [-0.05, 0) is 39.0 Å². The van der Waals surface area contributed by atoms with Crippen molar-refractivity contribution in [2.75, 3.05) is 41.2 Å². The Morgan fingerprint density at radius 1 is 0.410 bits per heavy atom. The first-order valence-electron chi connectivity index (χ1n) is 37.4. The van der Waals surface area contributed by atoms with Crippen molar-refractivity contribution >= 4 is 52.0 Å². The highest BCUT2D eigenvalue weighted by atomic mass is 16.7. The number of phenolic OH excluding ortho intramolecular Hbond substituents is 6. The molecule has 0 spiro atoms. The Morgan fingerprint density at radius 3 is 0.940 bits per heavy atom. The van der Waals surface area contributed by atoms with Crippen LogP contribution in [0.3, 0.4) is 0 Å². The maximum atomic E-state index is 14.2. The van der Waals surface area contributed by atoms with E-state index < -0.39 is 287 Å². The number of methoxy groups -OCH3 is 3. The van der Waals surface area contributed by atoms with Crippen LogP contribution in [0, 0.1) is 0 Å². The number of nitrogens with one attached hydrogen (secondary N) is 2. The third-order valence-corrected chi connectivity index (χ3v) is 23.8. The van der Waals surface area contributed by atoms with Crippen molar-refractivity contribution in [3.63, 3.8) is 0 Å². The van der Waals surface area contributed by atoms with Crippen LogP contribution in [0.2, 0.25) is 0 Å². The summed E-state index contributed by atoms with van der Waals surface area (Å²) >= 11 is 0. The molecule has 0 saturated carbocycles. The third kappa shape index (κ3) is 13.7. The van der Waals surface area contributed by atoms with E-state index in [1.54, 1.807) is 6.92 Å². The van der Waals surface area contributed by atoms with E-state index in [1.165, 1.54) is 89.8 Å². The number of Topliss-reactive ketones (excluding diaryl/α,β-unsaturated/α-hetero) is 3. The molecule has 3 fully saturated rings. The zero-order valence-electron chi connectivity index (χ0n) is 63.5. The predicted molar refractivity (Wildman–Crippen MR) is 393 cm³/mol. The highest BCUT2D eigenvalue weighted by Gasteiger charge is 2.56. The number of aliphatic hydroxyl groups excluding tert-OH is 6. The van der Waals surface area contributed by atoms with Crippen LogP contribution in [0.15, 0.2) is 54.6 Å². The SMILES string of the molecule is COc1cccc2c1C(=O)c1c(O)c3c(c(O)c1C2=O)C[C@@](O)(C(=O)CO)C[C@@H]3OC1CC(NNC2CC(O[C@H]3C[C@](O)(C(=O)CO)Cc4c(O)c5c(c(O)c43)C(=O)c3c(OC)cccc3C5=O)OC(C)C2O)C(O)C(C)O1.COc1cccc2c1C(=O)c1c(O)c3c(c(O)c1C2=O)C[C@@](O)(C(=O)CO)C[C@@H]3O[C@H]1C[C@H](N)[C@H](O)[C@H](C)O1. The Kier molecular flexibility index (Phi) is 22.3. The Morgan fingerprint density at radius 2 is 0.675 bits per heavy atom. The average molecular weight is 1630 g/mol. The lowest BCUT2D eigenvalue weighted by atomic mass is 9.72. The first-order chi connectivity index (χ1) is 55.4. The first-order valence-corrected chi connectivity index (χ1v) is 37.4. The fraction of sp³-hybridized carbons (Fsp3) is 0.444. The van der Waals surface area contributed by atoms with Gasteiger partial charge in [0.15, 0.2) is 53.6 Å². The number of carbonyl (C=O) groups excluding carboxylic acids is 9. The van der Waals surface area contributed by atoms with Crippen LogP contribution in [-0.4, -0.2) is 260 Å². The zero-order valence-corrected chi connectivity index (χ0v) is 63.5. The normalized spacial score (nSPS) is 30.0. The molecule has 0 aromatic heterocycles. The van der Waals surface area contributed by atoms with E-state index in [-0.39, 0.29) is 103 Å². The fourth-order valence-corrected chi connectivity index (χ4v) is 17.7. The second-order valence-electron chi connectivity index (χ2n) is 30.7. The van der Waals surface area contributed by atoms with Gasteiger partial charge in [0, 0.05) is 114 Å². The zero-order chi connectivity index (χ0) is 84.6. The Labute approximate surface area is 663 Å². The number of phenols is 6. The van der Waals surface area contributed by atoms with Gasteiger partial charge in [0.2, 0.25) is 17.3 Å². The summed E-state index contributed by atoms with van der Waals surface area (Å²) in [5.41, 5.74) is -0.689. The number of ketones is 9. The van der Waals surface area contributed by atoms with Crippen LogP contribution in [0.25, 0.3) is 0 Å². The molecular formula is C81H85N3O33. The van der Waals surface area contributed by atoms with Gasteiger partial charge >= 0.3 is 0 Å². The van der Waals surface area contributed by atoms with Crippen molar-refractivity contribution < 1.29 is 162 Å². The summed E-state index contributed by atoms with van der Waals surface area (Å²) in [7, 11) is 3.88. The van der Waals surface area contributed by atoms with E-state index in [0.29, 0.717) is 0 Å². The number of aromatic hydroxyl groups is 6. The summed E-state index contributed by atoms with van der Waals surface area (Å²) in [6.45, 7) is 1.25. The van der Waals surface area contributed by atoms with Gasteiger partial charge in [-0.15, -0.1) is 0 Å². The maximum Gasteiger partial charge on any atom is 0.202 e. The molecule has 0 bridgehead atoms. The highest BCUT2D eigenvalue weighted by molar-refractivity contribution is 6.33. The number of benzene rings is 6. The summed E-state index contributed by atoms with van der Waals surface area (Å²) < 4.78 is 52.5. The molecular weight excluding hydrogens is 1540 g/mol. The number of aliphatic hydroxyl groups is 9.